The predicted octanol–water partition coefficient (Wildman–Crippen LogP) is 3.64. The van der Waals surface area contributed by atoms with Gasteiger partial charge in [0.25, 0.3) is 0 Å². The lowest BCUT2D eigenvalue weighted by atomic mass is 9.92. The number of rotatable bonds is 3. The van der Waals surface area contributed by atoms with Gasteiger partial charge in [-0.25, -0.2) is 4.98 Å². The van der Waals surface area contributed by atoms with E-state index in [0.717, 1.165) is 30.9 Å². The van der Waals surface area contributed by atoms with Crippen LogP contribution in [0.1, 0.15) is 55.2 Å². The number of hydrogen-bond acceptors (Lipinski definition) is 4. The first-order valence-electron chi connectivity index (χ1n) is 8.35. The summed E-state index contributed by atoms with van der Waals surface area (Å²) in [5, 5.41) is 12.1. The molecule has 0 aliphatic carbocycles. The molecule has 4 rings (SSSR count). The summed E-state index contributed by atoms with van der Waals surface area (Å²) in [4.78, 5) is 10.4. The van der Waals surface area contributed by atoms with Crippen LogP contribution in [0.15, 0.2) is 29.2 Å². The van der Waals surface area contributed by atoms with Crippen LogP contribution in [0.5, 0.6) is 0 Å². The van der Waals surface area contributed by atoms with Gasteiger partial charge in [0.05, 0.1) is 23.8 Å². The molecule has 3 aromatic rings. The summed E-state index contributed by atoms with van der Waals surface area (Å²) in [6.45, 7) is 8.45. The summed E-state index contributed by atoms with van der Waals surface area (Å²) in [6, 6.07) is 4.62. The van der Waals surface area contributed by atoms with E-state index in [9.17, 15) is 0 Å². The van der Waals surface area contributed by atoms with E-state index in [1.807, 2.05) is 6.33 Å². The van der Waals surface area contributed by atoms with E-state index < -0.39 is 0 Å². The van der Waals surface area contributed by atoms with Crippen molar-refractivity contribution in [1.29, 1.82) is 0 Å². The summed E-state index contributed by atoms with van der Waals surface area (Å²) in [5.74, 6) is 0. The van der Waals surface area contributed by atoms with Crippen molar-refractivity contribution in [3.8, 4) is 0 Å². The Bertz CT molecular complexity index is 809. The Kier molecular flexibility index (Phi) is 3.81. The SMILES string of the molecule is CC(C)(C)c1cc(CN2CCc3[nH]cnc3[C@H]2c2ccsc2)[nH]n1. The molecule has 3 aromatic heterocycles. The van der Waals surface area contributed by atoms with Crippen molar-refractivity contribution in [1.82, 2.24) is 25.1 Å². The Morgan fingerprint density at radius 1 is 1.38 bits per heavy atom. The molecular weight excluding hydrogens is 318 g/mol. The van der Waals surface area contributed by atoms with Crippen molar-refractivity contribution in [3.63, 3.8) is 0 Å². The van der Waals surface area contributed by atoms with Crippen LogP contribution in [-0.2, 0) is 18.4 Å². The Morgan fingerprint density at radius 2 is 2.25 bits per heavy atom. The molecule has 0 amide bonds. The summed E-state index contributed by atoms with van der Waals surface area (Å²) in [5.41, 5.74) is 6.10. The largest absolute Gasteiger partial charge is 0.348 e. The van der Waals surface area contributed by atoms with Crippen molar-refractivity contribution in [2.24, 2.45) is 0 Å². The van der Waals surface area contributed by atoms with Crippen LogP contribution in [0, 0.1) is 0 Å². The highest BCUT2D eigenvalue weighted by molar-refractivity contribution is 7.08. The molecule has 1 aliphatic heterocycles. The highest BCUT2D eigenvalue weighted by atomic mass is 32.1. The van der Waals surface area contributed by atoms with Gasteiger partial charge >= 0.3 is 0 Å². The average Bonchev–Trinajstić information content (AvgIpc) is 3.27. The number of aromatic amines is 2. The Hall–Kier alpha value is -1.92. The minimum absolute atomic E-state index is 0.0682. The van der Waals surface area contributed by atoms with E-state index in [0.29, 0.717) is 0 Å². The summed E-state index contributed by atoms with van der Waals surface area (Å²) in [7, 11) is 0. The smallest absolute Gasteiger partial charge is 0.0926 e. The Labute approximate surface area is 146 Å². The van der Waals surface area contributed by atoms with Crippen LogP contribution in [0.4, 0.5) is 0 Å². The van der Waals surface area contributed by atoms with Crippen molar-refractivity contribution in [2.45, 2.75) is 45.2 Å². The first kappa shape index (κ1) is 15.6. The number of H-pyrrole nitrogens is 2. The molecule has 5 nitrogen and oxygen atoms in total. The molecule has 1 aliphatic rings. The molecule has 0 saturated carbocycles. The molecule has 0 spiro atoms. The van der Waals surface area contributed by atoms with Crippen LogP contribution in [0.2, 0.25) is 0 Å². The van der Waals surface area contributed by atoms with Crippen LogP contribution in [-0.4, -0.2) is 31.6 Å². The zero-order valence-electron chi connectivity index (χ0n) is 14.3. The molecule has 0 saturated heterocycles. The standard InChI is InChI=1S/C18H23N5S/c1-18(2,3)15-8-13(21-22-15)9-23-6-4-14-16(20-11-19-14)17(23)12-5-7-24-10-12/h5,7-8,10-11,17H,4,6,9H2,1-3H3,(H,19,20)(H,21,22)/t17-/m1/s1. The van der Waals surface area contributed by atoms with Crippen molar-refractivity contribution in [3.05, 3.63) is 57.6 Å². The quantitative estimate of drug-likeness (QED) is 0.764. The lowest BCUT2D eigenvalue weighted by molar-refractivity contribution is 0.198. The zero-order valence-corrected chi connectivity index (χ0v) is 15.2. The minimum atomic E-state index is 0.0682. The molecular formula is C18H23N5S. The van der Waals surface area contributed by atoms with E-state index in [1.165, 1.54) is 17.0 Å². The summed E-state index contributed by atoms with van der Waals surface area (Å²) >= 11 is 1.74. The predicted molar refractivity (Wildman–Crippen MR) is 96.2 cm³/mol. The molecule has 0 aromatic carbocycles. The fourth-order valence-electron chi connectivity index (χ4n) is 3.34. The lowest BCUT2D eigenvalue weighted by Crippen LogP contribution is -2.35. The van der Waals surface area contributed by atoms with Gasteiger partial charge in [-0.3, -0.25) is 10.00 Å². The maximum absolute atomic E-state index is 4.61. The lowest BCUT2D eigenvalue weighted by Gasteiger charge is -2.34. The summed E-state index contributed by atoms with van der Waals surface area (Å²) in [6.07, 6.45) is 2.83. The second-order valence-corrected chi connectivity index (χ2v) is 8.25. The molecule has 4 heterocycles. The van der Waals surface area contributed by atoms with Crippen LogP contribution in [0.25, 0.3) is 0 Å². The van der Waals surface area contributed by atoms with Gasteiger partial charge in [0.1, 0.15) is 0 Å². The molecule has 0 fully saturated rings. The number of imidazole rings is 1. The van der Waals surface area contributed by atoms with Crippen LogP contribution in [0.3, 0.4) is 0 Å². The van der Waals surface area contributed by atoms with E-state index in [4.69, 9.17) is 0 Å². The molecule has 0 bridgehead atoms. The van der Waals surface area contributed by atoms with E-state index in [1.54, 1.807) is 11.3 Å². The van der Waals surface area contributed by atoms with E-state index in [-0.39, 0.29) is 11.5 Å². The number of nitrogens with one attached hydrogen (secondary N) is 2. The van der Waals surface area contributed by atoms with Crippen molar-refractivity contribution < 1.29 is 0 Å². The molecule has 0 unspecified atom stereocenters. The minimum Gasteiger partial charge on any atom is -0.348 e. The third-order valence-electron chi connectivity index (χ3n) is 4.66. The first-order valence-corrected chi connectivity index (χ1v) is 9.30. The Morgan fingerprint density at radius 3 is 2.96 bits per heavy atom. The maximum atomic E-state index is 4.61. The number of thiophene rings is 1. The van der Waals surface area contributed by atoms with Gasteiger partial charge in [0.2, 0.25) is 0 Å². The number of aromatic nitrogens is 4. The number of nitrogens with zero attached hydrogens (tertiary/aromatic N) is 3. The van der Waals surface area contributed by atoms with Gasteiger partial charge in [-0.05, 0) is 28.5 Å². The van der Waals surface area contributed by atoms with E-state index >= 15 is 0 Å². The molecule has 6 heteroatoms. The molecule has 1 atom stereocenters. The maximum Gasteiger partial charge on any atom is 0.0926 e. The third-order valence-corrected chi connectivity index (χ3v) is 5.36. The summed E-state index contributed by atoms with van der Waals surface area (Å²) < 4.78 is 0. The number of fused-ring (bicyclic) bond motifs is 1. The second-order valence-electron chi connectivity index (χ2n) is 7.47. The van der Waals surface area contributed by atoms with Gasteiger partial charge in [-0.1, -0.05) is 20.8 Å². The fraction of sp³-hybridized carbons (Fsp3) is 0.444. The monoisotopic (exact) mass is 341 g/mol. The van der Waals surface area contributed by atoms with Crippen LogP contribution < -0.4 is 0 Å². The van der Waals surface area contributed by atoms with Gasteiger partial charge in [0.15, 0.2) is 0 Å². The Balaban J connectivity index is 1.63. The highest BCUT2D eigenvalue weighted by Crippen LogP contribution is 2.35. The second kappa shape index (κ2) is 5.86. The van der Waals surface area contributed by atoms with Gasteiger partial charge in [0, 0.05) is 36.3 Å². The number of hydrogen-bond donors (Lipinski definition) is 2. The van der Waals surface area contributed by atoms with Crippen molar-refractivity contribution >= 4 is 11.3 Å². The highest BCUT2D eigenvalue weighted by Gasteiger charge is 2.31. The first-order chi connectivity index (χ1) is 11.5. The fourth-order valence-corrected chi connectivity index (χ4v) is 4.02. The van der Waals surface area contributed by atoms with Gasteiger partial charge in [-0.15, -0.1) is 0 Å². The topological polar surface area (TPSA) is 60.6 Å². The average molecular weight is 341 g/mol. The van der Waals surface area contributed by atoms with Crippen molar-refractivity contribution in [2.75, 3.05) is 6.54 Å². The van der Waals surface area contributed by atoms with E-state index in [2.05, 4.69) is 68.7 Å². The molecule has 126 valence electrons. The zero-order chi connectivity index (χ0) is 16.7. The van der Waals surface area contributed by atoms with Gasteiger partial charge < -0.3 is 4.98 Å². The normalized spacial score (nSPS) is 18.7. The third kappa shape index (κ3) is 2.80. The van der Waals surface area contributed by atoms with Gasteiger partial charge in [-0.2, -0.15) is 16.4 Å². The molecule has 24 heavy (non-hydrogen) atoms. The molecule has 0 radical (unpaired) electrons. The molecule has 2 N–H and O–H groups in total. The van der Waals surface area contributed by atoms with Crippen LogP contribution >= 0.6 is 11.3 Å².